The fourth-order valence-corrected chi connectivity index (χ4v) is 2.71. The van der Waals surface area contributed by atoms with E-state index in [0.29, 0.717) is 6.61 Å². The predicted octanol–water partition coefficient (Wildman–Crippen LogP) is 3.26. The van der Waals surface area contributed by atoms with Gasteiger partial charge in [-0.1, -0.05) is 0 Å². The lowest BCUT2D eigenvalue weighted by molar-refractivity contribution is 0.101. The summed E-state index contributed by atoms with van der Waals surface area (Å²) < 4.78 is 5.60. The Kier molecular flexibility index (Phi) is 5.88. The van der Waals surface area contributed by atoms with Gasteiger partial charge in [-0.3, -0.25) is 4.79 Å². The van der Waals surface area contributed by atoms with Gasteiger partial charge in [-0.05, 0) is 45.9 Å². The van der Waals surface area contributed by atoms with Crippen LogP contribution in [0, 0.1) is 0 Å². The Hall–Kier alpha value is -1.00. The molecule has 0 saturated carbocycles. The number of ether oxygens (including phenoxy) is 1. The van der Waals surface area contributed by atoms with E-state index in [1.807, 2.05) is 39.0 Å². The van der Waals surface area contributed by atoms with Crippen LogP contribution >= 0.6 is 11.8 Å². The summed E-state index contributed by atoms with van der Waals surface area (Å²) in [6, 6.07) is 5.61. The van der Waals surface area contributed by atoms with Crippen LogP contribution in [-0.4, -0.2) is 23.7 Å². The van der Waals surface area contributed by atoms with Crippen LogP contribution in [0.25, 0.3) is 0 Å². The van der Waals surface area contributed by atoms with Gasteiger partial charge in [0, 0.05) is 28.2 Å². The van der Waals surface area contributed by atoms with Crippen molar-refractivity contribution in [1.82, 2.24) is 0 Å². The number of carbonyl (C=O) groups excluding carboxylic acids is 1. The molecule has 0 fully saturated rings. The zero-order valence-corrected chi connectivity index (χ0v) is 13.0. The molecule has 4 heteroatoms. The predicted molar refractivity (Wildman–Crippen MR) is 82.0 cm³/mol. The summed E-state index contributed by atoms with van der Waals surface area (Å²) in [5.74, 6) is 2.60. The molecule has 3 nitrogen and oxygen atoms in total. The van der Waals surface area contributed by atoms with Gasteiger partial charge in [0.25, 0.3) is 0 Å². The molecule has 0 radical (unpaired) electrons. The molecule has 0 amide bonds. The molecule has 106 valence electrons. The van der Waals surface area contributed by atoms with Gasteiger partial charge in [0.15, 0.2) is 5.78 Å². The fourth-order valence-electron chi connectivity index (χ4n) is 1.63. The second kappa shape index (κ2) is 6.96. The summed E-state index contributed by atoms with van der Waals surface area (Å²) >= 11 is 1.76. The van der Waals surface area contributed by atoms with E-state index < -0.39 is 0 Å². The van der Waals surface area contributed by atoms with Gasteiger partial charge in [0.05, 0.1) is 6.61 Å². The normalized spacial score (nSPS) is 11.4. The van der Waals surface area contributed by atoms with Crippen LogP contribution < -0.4 is 10.5 Å². The number of rotatable bonds is 7. The number of Topliss-reactive ketones (excluding diaryl/α,β-unsaturated/α-hetero) is 1. The highest BCUT2D eigenvalue weighted by molar-refractivity contribution is 7.98. The number of nitrogens with two attached hydrogens (primary N) is 1. The van der Waals surface area contributed by atoms with Crippen molar-refractivity contribution in [1.29, 1.82) is 0 Å². The zero-order valence-electron chi connectivity index (χ0n) is 12.2. The maximum atomic E-state index is 11.4. The van der Waals surface area contributed by atoms with Gasteiger partial charge in [-0.2, -0.15) is 11.8 Å². The third kappa shape index (κ3) is 5.66. The van der Waals surface area contributed by atoms with Gasteiger partial charge in [0.1, 0.15) is 5.75 Å². The van der Waals surface area contributed by atoms with Crippen LogP contribution in [0.5, 0.6) is 5.75 Å². The first-order valence-electron chi connectivity index (χ1n) is 6.47. The number of benzene rings is 1. The van der Waals surface area contributed by atoms with Gasteiger partial charge in [-0.25, -0.2) is 0 Å². The topological polar surface area (TPSA) is 52.3 Å². The van der Waals surface area contributed by atoms with E-state index in [1.165, 1.54) is 0 Å². The molecule has 0 saturated heterocycles. The van der Waals surface area contributed by atoms with Crippen LogP contribution in [0.4, 0.5) is 0 Å². The highest BCUT2D eigenvalue weighted by Gasteiger charge is 2.12. The second-order valence-corrected chi connectivity index (χ2v) is 6.28. The minimum atomic E-state index is -0.186. The molecule has 0 aromatic heterocycles. The summed E-state index contributed by atoms with van der Waals surface area (Å²) in [4.78, 5) is 11.4. The smallest absolute Gasteiger partial charge is 0.159 e. The minimum Gasteiger partial charge on any atom is -0.494 e. The molecular formula is C15H23NO2S. The van der Waals surface area contributed by atoms with Crippen molar-refractivity contribution in [3.05, 3.63) is 29.3 Å². The van der Waals surface area contributed by atoms with E-state index in [-0.39, 0.29) is 11.3 Å². The molecule has 1 aromatic carbocycles. The van der Waals surface area contributed by atoms with Crippen LogP contribution in [0.15, 0.2) is 18.2 Å². The van der Waals surface area contributed by atoms with Gasteiger partial charge in [-0.15, -0.1) is 0 Å². The maximum absolute atomic E-state index is 11.4. The Labute approximate surface area is 119 Å². The lowest BCUT2D eigenvalue weighted by Gasteiger charge is -2.18. The molecule has 1 aromatic rings. The standard InChI is InChI=1S/C15H23NO2S/c1-5-18-14-7-6-12(11(2)17)8-13(14)9-19-10-15(3,4)16/h6-8H,5,9-10,16H2,1-4H3. The molecule has 0 unspecified atom stereocenters. The minimum absolute atomic E-state index is 0.0773. The van der Waals surface area contributed by atoms with E-state index in [0.717, 1.165) is 28.4 Å². The first-order valence-corrected chi connectivity index (χ1v) is 7.62. The largest absolute Gasteiger partial charge is 0.494 e. The highest BCUT2D eigenvalue weighted by atomic mass is 32.2. The van der Waals surface area contributed by atoms with Gasteiger partial charge >= 0.3 is 0 Å². The van der Waals surface area contributed by atoms with E-state index in [4.69, 9.17) is 10.5 Å². The zero-order chi connectivity index (χ0) is 14.5. The molecule has 1 rings (SSSR count). The van der Waals surface area contributed by atoms with Crippen molar-refractivity contribution in [3.8, 4) is 5.75 Å². The van der Waals surface area contributed by atoms with Crippen molar-refractivity contribution in [2.24, 2.45) is 5.73 Å². The monoisotopic (exact) mass is 281 g/mol. The molecular weight excluding hydrogens is 258 g/mol. The van der Waals surface area contributed by atoms with Crippen LogP contribution in [-0.2, 0) is 5.75 Å². The Bertz CT molecular complexity index is 438. The van der Waals surface area contributed by atoms with E-state index >= 15 is 0 Å². The maximum Gasteiger partial charge on any atom is 0.159 e. The third-order valence-electron chi connectivity index (χ3n) is 2.50. The Morgan fingerprint density at radius 1 is 1.42 bits per heavy atom. The summed E-state index contributed by atoms with van der Waals surface area (Å²) in [5.41, 5.74) is 7.57. The lowest BCUT2D eigenvalue weighted by Crippen LogP contribution is -2.34. The van der Waals surface area contributed by atoms with Crippen molar-refractivity contribution in [2.45, 2.75) is 39.0 Å². The summed E-state index contributed by atoms with van der Waals surface area (Å²) in [6.45, 7) is 8.18. The third-order valence-corrected chi connectivity index (χ3v) is 3.96. The quantitative estimate of drug-likeness (QED) is 0.779. The number of thioether (sulfide) groups is 1. The summed E-state index contributed by atoms with van der Waals surface area (Å²) in [7, 11) is 0. The molecule has 0 spiro atoms. The number of ketones is 1. The van der Waals surface area contributed by atoms with Crippen LogP contribution in [0.3, 0.4) is 0 Å². The molecule has 0 bridgehead atoms. The SMILES string of the molecule is CCOc1ccc(C(C)=O)cc1CSCC(C)(C)N. The van der Waals surface area contributed by atoms with Crippen LogP contribution in [0.2, 0.25) is 0 Å². The van der Waals surface area contributed by atoms with Crippen molar-refractivity contribution in [2.75, 3.05) is 12.4 Å². The summed E-state index contributed by atoms with van der Waals surface area (Å²) in [6.07, 6.45) is 0. The molecule has 0 atom stereocenters. The second-order valence-electron chi connectivity index (χ2n) is 5.29. The van der Waals surface area contributed by atoms with Crippen molar-refractivity contribution in [3.63, 3.8) is 0 Å². The number of hydrogen-bond acceptors (Lipinski definition) is 4. The fraction of sp³-hybridized carbons (Fsp3) is 0.533. The lowest BCUT2D eigenvalue weighted by atomic mass is 10.1. The van der Waals surface area contributed by atoms with E-state index in [1.54, 1.807) is 18.7 Å². The molecule has 0 aliphatic carbocycles. The molecule has 0 heterocycles. The van der Waals surface area contributed by atoms with Crippen molar-refractivity contribution >= 4 is 17.5 Å². The Morgan fingerprint density at radius 3 is 2.63 bits per heavy atom. The molecule has 0 aliphatic heterocycles. The highest BCUT2D eigenvalue weighted by Crippen LogP contribution is 2.26. The first kappa shape index (κ1) is 16.1. The Balaban J connectivity index is 2.82. The van der Waals surface area contributed by atoms with Gasteiger partial charge < -0.3 is 10.5 Å². The number of carbonyl (C=O) groups is 1. The molecule has 2 N–H and O–H groups in total. The van der Waals surface area contributed by atoms with Gasteiger partial charge in [0.2, 0.25) is 0 Å². The van der Waals surface area contributed by atoms with E-state index in [2.05, 4.69) is 0 Å². The Morgan fingerprint density at radius 2 is 2.11 bits per heavy atom. The van der Waals surface area contributed by atoms with E-state index in [9.17, 15) is 4.79 Å². The number of hydrogen-bond donors (Lipinski definition) is 1. The van der Waals surface area contributed by atoms with Crippen molar-refractivity contribution < 1.29 is 9.53 Å². The molecule has 19 heavy (non-hydrogen) atoms. The average Bonchev–Trinajstić information content (AvgIpc) is 2.29. The first-order chi connectivity index (χ1) is 8.83. The molecule has 0 aliphatic rings. The summed E-state index contributed by atoms with van der Waals surface area (Å²) in [5, 5.41) is 0. The van der Waals surface area contributed by atoms with Crippen LogP contribution in [0.1, 0.15) is 43.6 Å². The average molecular weight is 281 g/mol.